The number of amides is 2. The summed E-state index contributed by atoms with van der Waals surface area (Å²) < 4.78 is 0. The summed E-state index contributed by atoms with van der Waals surface area (Å²) in [6.07, 6.45) is 1.88. The third-order valence-electron chi connectivity index (χ3n) is 4.02. The second-order valence-corrected chi connectivity index (χ2v) is 5.91. The van der Waals surface area contributed by atoms with Crippen LogP contribution in [0.3, 0.4) is 0 Å². The Labute approximate surface area is 136 Å². The van der Waals surface area contributed by atoms with Gasteiger partial charge in [-0.3, -0.25) is 9.59 Å². The van der Waals surface area contributed by atoms with E-state index in [-0.39, 0.29) is 11.8 Å². The summed E-state index contributed by atoms with van der Waals surface area (Å²) in [6.45, 7) is 2.80. The Hall–Kier alpha value is -2.62. The Balaban J connectivity index is 1.60. The predicted molar refractivity (Wildman–Crippen MR) is 91.5 cm³/mol. The van der Waals surface area contributed by atoms with Gasteiger partial charge in [-0.1, -0.05) is 29.8 Å². The van der Waals surface area contributed by atoms with Gasteiger partial charge in [0.25, 0.3) is 0 Å². The summed E-state index contributed by atoms with van der Waals surface area (Å²) in [5.41, 5.74) is 3.81. The van der Waals surface area contributed by atoms with Crippen molar-refractivity contribution >= 4 is 23.2 Å². The monoisotopic (exact) mass is 308 g/mol. The van der Waals surface area contributed by atoms with Crippen molar-refractivity contribution in [2.75, 3.05) is 16.8 Å². The molecule has 0 atom stereocenters. The Morgan fingerprint density at radius 3 is 2.39 bits per heavy atom. The fourth-order valence-electron chi connectivity index (χ4n) is 2.74. The van der Waals surface area contributed by atoms with Crippen LogP contribution in [0.25, 0.3) is 0 Å². The smallest absolute Gasteiger partial charge is 0.228 e. The van der Waals surface area contributed by atoms with E-state index in [0.717, 1.165) is 29.9 Å². The molecular weight excluding hydrogens is 288 g/mol. The molecule has 3 rings (SSSR count). The highest BCUT2D eigenvalue weighted by molar-refractivity contribution is 5.96. The molecule has 0 saturated carbocycles. The summed E-state index contributed by atoms with van der Waals surface area (Å²) in [7, 11) is 0. The first-order valence-electron chi connectivity index (χ1n) is 7.88. The topological polar surface area (TPSA) is 49.4 Å². The van der Waals surface area contributed by atoms with E-state index in [0.29, 0.717) is 12.8 Å². The molecule has 4 heteroatoms. The van der Waals surface area contributed by atoms with Gasteiger partial charge in [-0.2, -0.15) is 0 Å². The van der Waals surface area contributed by atoms with Gasteiger partial charge in [-0.05, 0) is 43.2 Å². The Morgan fingerprint density at radius 1 is 1.09 bits per heavy atom. The molecule has 23 heavy (non-hydrogen) atoms. The van der Waals surface area contributed by atoms with E-state index in [1.54, 1.807) is 4.90 Å². The van der Waals surface area contributed by atoms with E-state index in [1.165, 1.54) is 5.56 Å². The van der Waals surface area contributed by atoms with Crippen LogP contribution in [0, 0.1) is 6.92 Å². The lowest BCUT2D eigenvalue weighted by Crippen LogP contribution is -2.23. The minimum Gasteiger partial charge on any atom is -0.326 e. The van der Waals surface area contributed by atoms with Crippen molar-refractivity contribution in [2.45, 2.75) is 26.2 Å². The van der Waals surface area contributed by atoms with Crippen LogP contribution in [-0.2, 0) is 16.0 Å². The average molecular weight is 308 g/mol. The van der Waals surface area contributed by atoms with E-state index in [2.05, 4.69) is 5.32 Å². The van der Waals surface area contributed by atoms with Crippen molar-refractivity contribution in [1.82, 2.24) is 0 Å². The van der Waals surface area contributed by atoms with Crippen molar-refractivity contribution < 1.29 is 9.59 Å². The van der Waals surface area contributed by atoms with Crippen LogP contribution in [0.15, 0.2) is 48.5 Å². The van der Waals surface area contributed by atoms with Crippen LogP contribution < -0.4 is 10.2 Å². The maximum absolute atomic E-state index is 12.1. The molecular formula is C19H20N2O2. The zero-order valence-electron chi connectivity index (χ0n) is 13.2. The van der Waals surface area contributed by atoms with Gasteiger partial charge in [0.15, 0.2) is 0 Å². The van der Waals surface area contributed by atoms with Gasteiger partial charge in [0, 0.05) is 24.3 Å². The van der Waals surface area contributed by atoms with Crippen molar-refractivity contribution in [3.05, 3.63) is 59.7 Å². The molecule has 2 amide bonds. The largest absolute Gasteiger partial charge is 0.326 e. The Bertz CT molecular complexity index is 705. The summed E-state index contributed by atoms with van der Waals surface area (Å²) in [6, 6.07) is 15.4. The quantitative estimate of drug-likeness (QED) is 0.942. The number of benzene rings is 2. The summed E-state index contributed by atoms with van der Waals surface area (Å²) >= 11 is 0. The molecule has 2 aromatic rings. The van der Waals surface area contributed by atoms with E-state index < -0.39 is 0 Å². The highest BCUT2D eigenvalue weighted by Gasteiger charge is 2.21. The number of rotatable bonds is 4. The fraction of sp³-hybridized carbons (Fsp3) is 0.263. The highest BCUT2D eigenvalue weighted by atomic mass is 16.2. The number of hydrogen-bond acceptors (Lipinski definition) is 2. The van der Waals surface area contributed by atoms with E-state index in [1.807, 2.05) is 55.5 Å². The number of hydrogen-bond donors (Lipinski definition) is 1. The van der Waals surface area contributed by atoms with Crippen LogP contribution in [0.5, 0.6) is 0 Å². The van der Waals surface area contributed by atoms with Gasteiger partial charge in [0.2, 0.25) is 11.8 Å². The number of anilines is 2. The van der Waals surface area contributed by atoms with Gasteiger partial charge in [0.05, 0.1) is 6.42 Å². The van der Waals surface area contributed by atoms with Gasteiger partial charge in [0.1, 0.15) is 0 Å². The van der Waals surface area contributed by atoms with Crippen molar-refractivity contribution in [1.29, 1.82) is 0 Å². The molecule has 0 unspecified atom stereocenters. The maximum Gasteiger partial charge on any atom is 0.228 e. The minimum absolute atomic E-state index is 0.0427. The molecule has 0 radical (unpaired) electrons. The van der Waals surface area contributed by atoms with Gasteiger partial charge >= 0.3 is 0 Å². The van der Waals surface area contributed by atoms with Crippen LogP contribution in [0.2, 0.25) is 0 Å². The molecule has 0 spiro atoms. The molecule has 1 fully saturated rings. The maximum atomic E-state index is 12.1. The first-order valence-corrected chi connectivity index (χ1v) is 7.88. The number of nitrogens with one attached hydrogen (secondary N) is 1. The second kappa shape index (κ2) is 6.65. The normalized spacial score (nSPS) is 14.1. The van der Waals surface area contributed by atoms with Crippen molar-refractivity contribution in [3.8, 4) is 0 Å². The number of nitrogens with zero attached hydrogens (tertiary/aromatic N) is 1. The molecule has 1 saturated heterocycles. The third-order valence-corrected chi connectivity index (χ3v) is 4.02. The Morgan fingerprint density at radius 2 is 1.78 bits per heavy atom. The van der Waals surface area contributed by atoms with Crippen LogP contribution >= 0.6 is 0 Å². The number of carbonyl (C=O) groups is 2. The zero-order chi connectivity index (χ0) is 16.2. The molecule has 0 aromatic heterocycles. The second-order valence-electron chi connectivity index (χ2n) is 5.91. The lowest BCUT2D eigenvalue weighted by atomic mass is 10.1. The van der Waals surface area contributed by atoms with Crippen LogP contribution in [-0.4, -0.2) is 18.4 Å². The molecule has 0 aliphatic carbocycles. The molecule has 1 aliphatic rings. The summed E-state index contributed by atoms with van der Waals surface area (Å²) in [4.78, 5) is 25.6. The van der Waals surface area contributed by atoms with Crippen molar-refractivity contribution in [2.24, 2.45) is 0 Å². The van der Waals surface area contributed by atoms with E-state index in [4.69, 9.17) is 0 Å². The summed E-state index contributed by atoms with van der Waals surface area (Å²) in [5, 5.41) is 2.89. The molecule has 0 bridgehead atoms. The SMILES string of the molecule is Cc1ccc(CC(=O)Nc2ccc(N3CCCC3=O)cc2)cc1. The molecule has 4 nitrogen and oxygen atoms in total. The Kier molecular flexibility index (Phi) is 4.42. The molecule has 1 N–H and O–H groups in total. The minimum atomic E-state index is -0.0427. The first kappa shape index (κ1) is 15.3. The zero-order valence-corrected chi connectivity index (χ0v) is 13.2. The van der Waals surface area contributed by atoms with E-state index >= 15 is 0 Å². The lowest BCUT2D eigenvalue weighted by Gasteiger charge is -2.16. The van der Waals surface area contributed by atoms with E-state index in [9.17, 15) is 9.59 Å². The number of carbonyl (C=O) groups excluding carboxylic acids is 2. The average Bonchev–Trinajstić information content (AvgIpc) is 2.96. The highest BCUT2D eigenvalue weighted by Crippen LogP contribution is 2.23. The fourth-order valence-corrected chi connectivity index (χ4v) is 2.74. The van der Waals surface area contributed by atoms with Gasteiger partial charge in [-0.25, -0.2) is 0 Å². The molecule has 1 heterocycles. The standard InChI is InChI=1S/C19H20N2O2/c1-14-4-6-15(7-5-14)13-18(22)20-16-8-10-17(11-9-16)21-12-2-3-19(21)23/h4-11H,2-3,12-13H2,1H3,(H,20,22). The number of aryl methyl sites for hydroxylation is 1. The molecule has 118 valence electrons. The molecule has 1 aliphatic heterocycles. The van der Waals surface area contributed by atoms with Crippen LogP contribution in [0.1, 0.15) is 24.0 Å². The first-order chi connectivity index (χ1) is 11.1. The third kappa shape index (κ3) is 3.77. The predicted octanol–water partition coefficient (Wildman–Crippen LogP) is 3.30. The van der Waals surface area contributed by atoms with Crippen molar-refractivity contribution in [3.63, 3.8) is 0 Å². The van der Waals surface area contributed by atoms with Crippen LogP contribution in [0.4, 0.5) is 11.4 Å². The lowest BCUT2D eigenvalue weighted by molar-refractivity contribution is -0.117. The van der Waals surface area contributed by atoms with Gasteiger partial charge in [-0.15, -0.1) is 0 Å². The van der Waals surface area contributed by atoms with Gasteiger partial charge < -0.3 is 10.2 Å². The molecule has 2 aromatic carbocycles. The summed E-state index contributed by atoms with van der Waals surface area (Å²) in [5.74, 6) is 0.125.